The lowest BCUT2D eigenvalue weighted by Gasteiger charge is -2.35. The third kappa shape index (κ3) is 5.10. The van der Waals surface area contributed by atoms with E-state index in [1.165, 1.54) is 0 Å². The highest BCUT2D eigenvalue weighted by molar-refractivity contribution is 7.99. The van der Waals surface area contributed by atoms with Crippen molar-refractivity contribution in [2.45, 2.75) is 39.2 Å². The number of hydrogen-bond donors (Lipinski definition) is 1. The van der Waals surface area contributed by atoms with Crippen molar-refractivity contribution in [3.05, 3.63) is 0 Å². The highest BCUT2D eigenvalue weighted by Gasteiger charge is 2.33. The van der Waals surface area contributed by atoms with E-state index in [9.17, 15) is 8.42 Å². The molecule has 1 N–H and O–H groups in total. The van der Waals surface area contributed by atoms with Crippen LogP contribution in [0, 0.1) is 5.92 Å². The largest absolute Gasteiger partial charge is 0.314 e. The molecule has 0 spiro atoms. The molecule has 21 heavy (non-hydrogen) atoms. The molecular weight excluding hydrogens is 306 g/mol. The summed E-state index contributed by atoms with van der Waals surface area (Å²) in [7, 11) is -3.25. The molecule has 0 amide bonds. The Morgan fingerprint density at radius 1 is 1.14 bits per heavy atom. The molecule has 0 saturated carbocycles. The van der Waals surface area contributed by atoms with Crippen molar-refractivity contribution in [1.82, 2.24) is 13.9 Å². The summed E-state index contributed by atoms with van der Waals surface area (Å²) in [6.45, 7) is 7.88. The Balaban J connectivity index is 1.95. The third-order valence-electron chi connectivity index (χ3n) is 4.13. The van der Waals surface area contributed by atoms with Crippen LogP contribution in [0.3, 0.4) is 0 Å². The van der Waals surface area contributed by atoms with E-state index >= 15 is 0 Å². The molecule has 0 aromatic carbocycles. The summed E-state index contributed by atoms with van der Waals surface area (Å²) in [6.07, 6.45) is 3.07. The average Bonchev–Trinajstić information content (AvgIpc) is 2.75. The summed E-state index contributed by atoms with van der Waals surface area (Å²) in [6, 6.07) is 0.458. The second kappa shape index (κ2) is 8.15. The average molecular weight is 336 g/mol. The Morgan fingerprint density at radius 3 is 2.67 bits per heavy atom. The zero-order valence-corrected chi connectivity index (χ0v) is 14.9. The van der Waals surface area contributed by atoms with E-state index < -0.39 is 10.2 Å². The monoisotopic (exact) mass is 335 g/mol. The molecule has 2 rings (SSSR count). The Morgan fingerprint density at radius 2 is 1.90 bits per heavy atom. The normalized spacial score (nSPS) is 26.9. The third-order valence-corrected chi connectivity index (χ3v) is 7.18. The molecule has 0 aliphatic carbocycles. The maximum atomic E-state index is 12.8. The highest BCUT2D eigenvalue weighted by Crippen LogP contribution is 2.22. The predicted octanol–water partition coefficient (Wildman–Crippen LogP) is 1.38. The summed E-state index contributed by atoms with van der Waals surface area (Å²) in [5.74, 6) is 2.44. The van der Waals surface area contributed by atoms with Gasteiger partial charge in [0.1, 0.15) is 0 Å². The molecule has 0 aromatic rings. The second-order valence-corrected chi connectivity index (χ2v) is 9.46. The lowest BCUT2D eigenvalue weighted by atomic mass is 9.99. The van der Waals surface area contributed by atoms with Gasteiger partial charge in [0, 0.05) is 38.0 Å². The first kappa shape index (κ1) is 17.5. The highest BCUT2D eigenvalue weighted by atomic mass is 32.2. The second-order valence-electron chi connectivity index (χ2n) is 6.30. The van der Waals surface area contributed by atoms with Crippen molar-refractivity contribution < 1.29 is 8.42 Å². The van der Waals surface area contributed by atoms with Crippen LogP contribution in [0.2, 0.25) is 0 Å². The van der Waals surface area contributed by atoms with Crippen molar-refractivity contribution in [1.29, 1.82) is 0 Å². The number of thioether (sulfide) groups is 1. The fourth-order valence-electron chi connectivity index (χ4n) is 2.92. The quantitative estimate of drug-likeness (QED) is 0.825. The molecule has 2 aliphatic heterocycles. The molecule has 2 heterocycles. The molecule has 0 aromatic heterocycles. The Bertz CT molecular complexity index is 406. The Hall–Kier alpha value is 0.180. The standard InChI is InChI=1S/C14H29N3O2S2/c1-13(2)15-11-14-5-3-6-17(12-14)21(18,19)16-7-4-9-20-10-8-16/h13-15H,3-12H2,1-2H3. The summed E-state index contributed by atoms with van der Waals surface area (Å²) in [5.41, 5.74) is 0. The lowest BCUT2D eigenvalue weighted by Crippen LogP contribution is -2.50. The zero-order valence-electron chi connectivity index (χ0n) is 13.3. The molecule has 1 atom stereocenters. The van der Waals surface area contributed by atoms with Gasteiger partial charge in [-0.1, -0.05) is 13.8 Å². The fourth-order valence-corrected chi connectivity index (χ4v) is 5.69. The van der Waals surface area contributed by atoms with Gasteiger partial charge in [0.2, 0.25) is 0 Å². The Labute approximate surface area is 134 Å². The lowest BCUT2D eigenvalue weighted by molar-refractivity contribution is 0.240. The van der Waals surface area contributed by atoms with E-state index in [-0.39, 0.29) is 0 Å². The smallest absolute Gasteiger partial charge is 0.282 e. The van der Waals surface area contributed by atoms with Crippen molar-refractivity contribution in [3.63, 3.8) is 0 Å². The van der Waals surface area contributed by atoms with Gasteiger partial charge in [0.25, 0.3) is 10.2 Å². The van der Waals surface area contributed by atoms with Gasteiger partial charge >= 0.3 is 0 Å². The van der Waals surface area contributed by atoms with Crippen LogP contribution >= 0.6 is 11.8 Å². The minimum atomic E-state index is -3.25. The van der Waals surface area contributed by atoms with E-state index in [4.69, 9.17) is 0 Å². The van der Waals surface area contributed by atoms with Gasteiger partial charge in [-0.15, -0.1) is 0 Å². The SMILES string of the molecule is CC(C)NCC1CCCN(S(=O)(=O)N2CCCSCC2)C1. The van der Waals surface area contributed by atoms with Crippen molar-refractivity contribution >= 4 is 22.0 Å². The molecule has 2 aliphatic rings. The van der Waals surface area contributed by atoms with Crippen LogP contribution in [-0.4, -0.2) is 67.3 Å². The number of hydrogen-bond acceptors (Lipinski definition) is 4. The molecular formula is C14H29N3O2S2. The van der Waals surface area contributed by atoms with Gasteiger partial charge in [0.15, 0.2) is 0 Å². The fraction of sp³-hybridized carbons (Fsp3) is 1.00. The number of nitrogens with zero attached hydrogens (tertiary/aromatic N) is 2. The first-order valence-corrected chi connectivity index (χ1v) is 10.6. The zero-order chi connectivity index (χ0) is 15.3. The van der Waals surface area contributed by atoms with Crippen LogP contribution in [0.5, 0.6) is 0 Å². The molecule has 0 bridgehead atoms. The predicted molar refractivity (Wildman–Crippen MR) is 89.9 cm³/mol. The van der Waals surface area contributed by atoms with E-state index in [1.807, 2.05) is 11.8 Å². The molecule has 2 fully saturated rings. The van der Waals surface area contributed by atoms with Crippen LogP contribution in [0.4, 0.5) is 0 Å². The maximum absolute atomic E-state index is 12.8. The summed E-state index contributed by atoms with van der Waals surface area (Å²) in [4.78, 5) is 0. The van der Waals surface area contributed by atoms with Crippen LogP contribution in [0.15, 0.2) is 0 Å². The van der Waals surface area contributed by atoms with Crippen molar-refractivity contribution in [2.24, 2.45) is 5.92 Å². The molecule has 124 valence electrons. The van der Waals surface area contributed by atoms with Crippen LogP contribution in [-0.2, 0) is 10.2 Å². The first-order chi connectivity index (χ1) is 10.00. The molecule has 0 radical (unpaired) electrons. The van der Waals surface area contributed by atoms with Crippen LogP contribution < -0.4 is 5.32 Å². The molecule has 7 heteroatoms. The minimum absolute atomic E-state index is 0.442. The van der Waals surface area contributed by atoms with Gasteiger partial charge < -0.3 is 5.32 Å². The summed E-state index contributed by atoms with van der Waals surface area (Å²) in [5, 5.41) is 3.44. The Kier molecular flexibility index (Phi) is 6.80. The first-order valence-electron chi connectivity index (χ1n) is 8.06. The van der Waals surface area contributed by atoms with Gasteiger partial charge in [-0.2, -0.15) is 28.8 Å². The minimum Gasteiger partial charge on any atom is -0.314 e. The number of piperidine rings is 1. The molecule has 2 saturated heterocycles. The van der Waals surface area contributed by atoms with Gasteiger partial charge in [-0.3, -0.25) is 0 Å². The van der Waals surface area contributed by atoms with Gasteiger partial charge in [0.05, 0.1) is 0 Å². The van der Waals surface area contributed by atoms with E-state index in [0.29, 0.717) is 38.1 Å². The van der Waals surface area contributed by atoms with Crippen LogP contribution in [0.1, 0.15) is 33.1 Å². The number of rotatable bonds is 5. The number of nitrogens with one attached hydrogen (secondary N) is 1. The van der Waals surface area contributed by atoms with Gasteiger partial charge in [-0.25, -0.2) is 0 Å². The topological polar surface area (TPSA) is 52.7 Å². The molecule has 1 unspecified atom stereocenters. The van der Waals surface area contributed by atoms with E-state index in [0.717, 1.165) is 37.3 Å². The van der Waals surface area contributed by atoms with Gasteiger partial charge in [-0.05, 0) is 37.5 Å². The van der Waals surface area contributed by atoms with Crippen molar-refractivity contribution in [2.75, 3.05) is 44.2 Å². The molecule has 5 nitrogen and oxygen atoms in total. The summed E-state index contributed by atoms with van der Waals surface area (Å²) >= 11 is 1.86. The van der Waals surface area contributed by atoms with E-state index in [1.54, 1.807) is 8.61 Å². The summed E-state index contributed by atoms with van der Waals surface area (Å²) < 4.78 is 29.0. The van der Waals surface area contributed by atoms with E-state index in [2.05, 4.69) is 19.2 Å². The maximum Gasteiger partial charge on any atom is 0.282 e. The van der Waals surface area contributed by atoms with Crippen molar-refractivity contribution in [3.8, 4) is 0 Å². The van der Waals surface area contributed by atoms with Crippen LogP contribution in [0.25, 0.3) is 0 Å².